The van der Waals surface area contributed by atoms with E-state index in [9.17, 15) is 17.6 Å². The molecule has 0 bridgehead atoms. The molecule has 1 aromatic heterocycles. The van der Waals surface area contributed by atoms with Crippen molar-refractivity contribution in [1.29, 1.82) is 0 Å². The minimum atomic E-state index is -3.66. The Morgan fingerprint density at radius 3 is 2.33 bits per heavy atom. The van der Waals surface area contributed by atoms with Crippen molar-refractivity contribution in [1.82, 2.24) is 14.3 Å². The summed E-state index contributed by atoms with van der Waals surface area (Å²) in [6.07, 6.45) is 0. The molecule has 2 heterocycles. The SMILES string of the molecule is CC(=O)Nc1ccc(S(=O)(=O)N2CCN(c3cc(C)nc(-c4cccc(F)c4)n3)CC2)cc1. The Morgan fingerprint density at radius 1 is 1.00 bits per heavy atom. The number of halogens is 1. The van der Waals surface area contributed by atoms with E-state index in [0.29, 0.717) is 49.1 Å². The van der Waals surface area contributed by atoms with E-state index in [0.717, 1.165) is 5.69 Å². The molecule has 0 spiro atoms. The molecule has 0 aliphatic carbocycles. The molecule has 1 fully saturated rings. The number of piperazine rings is 1. The monoisotopic (exact) mass is 469 g/mol. The summed E-state index contributed by atoms with van der Waals surface area (Å²) in [5.74, 6) is 0.530. The van der Waals surface area contributed by atoms with Crippen molar-refractivity contribution < 1.29 is 17.6 Å². The Bertz CT molecular complexity index is 1270. The predicted molar refractivity (Wildman–Crippen MR) is 124 cm³/mol. The zero-order valence-electron chi connectivity index (χ0n) is 18.3. The highest BCUT2D eigenvalue weighted by atomic mass is 32.2. The topological polar surface area (TPSA) is 95.5 Å². The predicted octanol–water partition coefficient (Wildman–Crippen LogP) is 3.06. The Labute approximate surface area is 192 Å². The van der Waals surface area contributed by atoms with Crippen LogP contribution in [0.25, 0.3) is 11.4 Å². The number of nitrogens with one attached hydrogen (secondary N) is 1. The molecule has 1 aliphatic rings. The van der Waals surface area contributed by atoms with Crippen LogP contribution in [0.4, 0.5) is 15.9 Å². The zero-order chi connectivity index (χ0) is 23.6. The molecule has 8 nitrogen and oxygen atoms in total. The molecule has 10 heteroatoms. The van der Waals surface area contributed by atoms with Crippen molar-refractivity contribution in [2.24, 2.45) is 0 Å². The fraction of sp³-hybridized carbons (Fsp3) is 0.261. The molecule has 2 aromatic carbocycles. The van der Waals surface area contributed by atoms with Gasteiger partial charge in [0.25, 0.3) is 0 Å². The maximum atomic E-state index is 13.6. The molecule has 172 valence electrons. The van der Waals surface area contributed by atoms with Gasteiger partial charge in [0.15, 0.2) is 5.82 Å². The van der Waals surface area contributed by atoms with Gasteiger partial charge in [-0.2, -0.15) is 4.31 Å². The van der Waals surface area contributed by atoms with E-state index in [4.69, 9.17) is 0 Å². The van der Waals surface area contributed by atoms with Crippen molar-refractivity contribution >= 4 is 27.4 Å². The number of amides is 1. The minimum absolute atomic E-state index is 0.177. The average Bonchev–Trinajstić information content (AvgIpc) is 2.79. The van der Waals surface area contributed by atoms with Crippen LogP contribution < -0.4 is 10.2 Å². The van der Waals surface area contributed by atoms with Gasteiger partial charge in [-0.3, -0.25) is 4.79 Å². The summed E-state index contributed by atoms with van der Waals surface area (Å²) in [6.45, 7) is 4.76. The molecule has 0 radical (unpaired) electrons. The molecule has 1 N–H and O–H groups in total. The molecule has 1 saturated heterocycles. The summed E-state index contributed by atoms with van der Waals surface area (Å²) in [5, 5.41) is 2.62. The fourth-order valence-corrected chi connectivity index (χ4v) is 5.11. The second kappa shape index (κ2) is 9.24. The number of anilines is 2. The lowest BCUT2D eigenvalue weighted by molar-refractivity contribution is -0.114. The second-order valence-electron chi connectivity index (χ2n) is 7.80. The summed E-state index contributed by atoms with van der Waals surface area (Å²) in [7, 11) is -3.66. The molecule has 1 amide bonds. The molecular weight excluding hydrogens is 445 g/mol. The summed E-state index contributed by atoms with van der Waals surface area (Å²) in [5.41, 5.74) is 1.87. The van der Waals surface area contributed by atoms with E-state index in [2.05, 4.69) is 15.3 Å². The maximum Gasteiger partial charge on any atom is 0.243 e. The van der Waals surface area contributed by atoms with Crippen molar-refractivity contribution in [2.75, 3.05) is 36.4 Å². The average molecular weight is 470 g/mol. The number of aryl methyl sites for hydroxylation is 1. The lowest BCUT2D eigenvalue weighted by Gasteiger charge is -2.34. The number of sulfonamides is 1. The number of nitrogens with zero attached hydrogens (tertiary/aromatic N) is 4. The van der Waals surface area contributed by atoms with Gasteiger partial charge < -0.3 is 10.2 Å². The number of hydrogen-bond acceptors (Lipinski definition) is 6. The highest BCUT2D eigenvalue weighted by Crippen LogP contribution is 2.24. The van der Waals surface area contributed by atoms with Gasteiger partial charge in [-0.25, -0.2) is 22.8 Å². The third-order valence-electron chi connectivity index (χ3n) is 5.30. The smallest absolute Gasteiger partial charge is 0.243 e. The first-order valence-electron chi connectivity index (χ1n) is 10.5. The van der Waals surface area contributed by atoms with Crippen LogP contribution in [0.1, 0.15) is 12.6 Å². The first-order valence-corrected chi connectivity index (χ1v) is 11.9. The Kier molecular flexibility index (Phi) is 6.39. The molecule has 33 heavy (non-hydrogen) atoms. The first-order chi connectivity index (χ1) is 15.7. The van der Waals surface area contributed by atoms with Crippen LogP contribution in [-0.4, -0.2) is 54.8 Å². The van der Waals surface area contributed by atoms with E-state index in [1.54, 1.807) is 24.3 Å². The Balaban J connectivity index is 1.48. The van der Waals surface area contributed by atoms with Gasteiger partial charge in [0.2, 0.25) is 15.9 Å². The lowest BCUT2D eigenvalue weighted by atomic mass is 10.2. The second-order valence-corrected chi connectivity index (χ2v) is 9.74. The van der Waals surface area contributed by atoms with Crippen LogP contribution in [0.5, 0.6) is 0 Å². The Hall–Kier alpha value is -3.37. The summed E-state index contributed by atoms with van der Waals surface area (Å²) in [6, 6.07) is 14.1. The molecular formula is C23H24FN5O3S. The van der Waals surface area contributed by atoms with Crippen LogP contribution >= 0.6 is 0 Å². The van der Waals surface area contributed by atoms with Crippen molar-refractivity contribution in [3.8, 4) is 11.4 Å². The molecule has 0 saturated carbocycles. The lowest BCUT2D eigenvalue weighted by Crippen LogP contribution is -2.49. The molecule has 3 aromatic rings. The van der Waals surface area contributed by atoms with E-state index in [1.165, 1.54) is 35.5 Å². The fourth-order valence-electron chi connectivity index (χ4n) is 3.69. The Morgan fingerprint density at radius 2 is 1.70 bits per heavy atom. The number of hydrogen-bond donors (Lipinski definition) is 1. The summed E-state index contributed by atoms with van der Waals surface area (Å²) in [4.78, 5) is 22.4. The van der Waals surface area contributed by atoms with Gasteiger partial charge in [0, 0.05) is 56.1 Å². The van der Waals surface area contributed by atoms with Gasteiger partial charge in [-0.05, 0) is 43.3 Å². The number of aromatic nitrogens is 2. The van der Waals surface area contributed by atoms with Gasteiger partial charge in [-0.1, -0.05) is 12.1 Å². The van der Waals surface area contributed by atoms with Crippen LogP contribution in [-0.2, 0) is 14.8 Å². The van der Waals surface area contributed by atoms with E-state index < -0.39 is 10.0 Å². The van der Waals surface area contributed by atoms with Crippen LogP contribution in [0, 0.1) is 12.7 Å². The van der Waals surface area contributed by atoms with E-state index in [1.807, 2.05) is 17.9 Å². The third kappa shape index (κ3) is 5.18. The molecule has 4 rings (SSSR count). The minimum Gasteiger partial charge on any atom is -0.354 e. The summed E-state index contributed by atoms with van der Waals surface area (Å²) < 4.78 is 41.2. The van der Waals surface area contributed by atoms with Gasteiger partial charge in [-0.15, -0.1) is 0 Å². The van der Waals surface area contributed by atoms with E-state index in [-0.39, 0.29) is 16.6 Å². The van der Waals surface area contributed by atoms with Crippen LogP contribution in [0.15, 0.2) is 59.5 Å². The van der Waals surface area contributed by atoms with Gasteiger partial charge in [0.1, 0.15) is 11.6 Å². The standard InChI is InChI=1S/C23H24FN5O3S/c1-16-14-22(27-23(25-16)18-4-3-5-19(24)15-18)28-10-12-29(13-11-28)33(31,32)21-8-6-20(7-9-21)26-17(2)30/h3-9,14-15H,10-13H2,1-2H3,(H,26,30). The largest absolute Gasteiger partial charge is 0.354 e. The third-order valence-corrected chi connectivity index (χ3v) is 7.21. The number of carbonyl (C=O) groups is 1. The van der Waals surface area contributed by atoms with Gasteiger partial charge >= 0.3 is 0 Å². The van der Waals surface area contributed by atoms with Crippen molar-refractivity contribution in [2.45, 2.75) is 18.7 Å². The first kappa shape index (κ1) is 22.8. The van der Waals surface area contributed by atoms with Crippen LogP contribution in [0.3, 0.4) is 0 Å². The number of rotatable bonds is 5. The van der Waals surface area contributed by atoms with Crippen molar-refractivity contribution in [3.63, 3.8) is 0 Å². The maximum absolute atomic E-state index is 13.6. The highest BCUT2D eigenvalue weighted by molar-refractivity contribution is 7.89. The molecule has 1 aliphatic heterocycles. The molecule has 0 unspecified atom stereocenters. The van der Waals surface area contributed by atoms with Crippen LogP contribution in [0.2, 0.25) is 0 Å². The highest BCUT2D eigenvalue weighted by Gasteiger charge is 2.29. The zero-order valence-corrected chi connectivity index (χ0v) is 19.1. The van der Waals surface area contributed by atoms with Gasteiger partial charge in [0.05, 0.1) is 4.90 Å². The normalized spacial score (nSPS) is 14.8. The number of carbonyl (C=O) groups excluding carboxylic acids is 1. The van der Waals surface area contributed by atoms with E-state index >= 15 is 0 Å². The summed E-state index contributed by atoms with van der Waals surface area (Å²) >= 11 is 0. The van der Waals surface area contributed by atoms with Crippen molar-refractivity contribution in [3.05, 3.63) is 66.1 Å². The number of benzene rings is 2. The molecule has 0 atom stereocenters. The quantitative estimate of drug-likeness (QED) is 0.617.